The average Bonchev–Trinajstić information content (AvgIpc) is 2.89. The van der Waals surface area contributed by atoms with Crippen LogP contribution in [-0.4, -0.2) is 10.9 Å². The van der Waals surface area contributed by atoms with Crippen LogP contribution in [0.1, 0.15) is 5.56 Å². The van der Waals surface area contributed by atoms with E-state index in [9.17, 15) is 18.0 Å². The molecule has 1 heterocycles. The van der Waals surface area contributed by atoms with Crippen LogP contribution in [0.25, 0.3) is 16.3 Å². The Hall–Kier alpha value is -2.67. The number of halogens is 3. The summed E-state index contributed by atoms with van der Waals surface area (Å²) in [6.45, 7) is 0. The zero-order valence-electron chi connectivity index (χ0n) is 11.5. The van der Waals surface area contributed by atoms with Crippen molar-refractivity contribution in [3.63, 3.8) is 0 Å². The predicted octanol–water partition coefficient (Wildman–Crippen LogP) is 4.37. The fourth-order valence-corrected chi connectivity index (χ4v) is 2.81. The summed E-state index contributed by atoms with van der Waals surface area (Å²) in [5.74, 6) is -2.32. The van der Waals surface area contributed by atoms with Crippen molar-refractivity contribution >= 4 is 38.7 Å². The van der Waals surface area contributed by atoms with E-state index in [0.717, 1.165) is 23.5 Å². The SMILES string of the molecule is O=C(/C=C/c1ccc(F)cc1)Nc1nc2c(F)cc(F)cc2s1. The molecule has 0 aliphatic carbocycles. The van der Waals surface area contributed by atoms with Crippen molar-refractivity contribution in [2.45, 2.75) is 0 Å². The molecule has 0 aliphatic rings. The number of benzene rings is 2. The summed E-state index contributed by atoms with van der Waals surface area (Å²) in [5.41, 5.74) is 0.660. The number of aromatic nitrogens is 1. The molecule has 0 radical (unpaired) electrons. The Morgan fingerprint density at radius 3 is 2.57 bits per heavy atom. The van der Waals surface area contributed by atoms with Gasteiger partial charge in [0.1, 0.15) is 17.2 Å². The third-order valence-electron chi connectivity index (χ3n) is 2.94. The van der Waals surface area contributed by atoms with E-state index in [1.165, 1.54) is 36.4 Å². The Balaban J connectivity index is 1.75. The van der Waals surface area contributed by atoms with E-state index in [0.29, 0.717) is 10.3 Å². The summed E-state index contributed by atoms with van der Waals surface area (Å²) < 4.78 is 39.7. The monoisotopic (exact) mass is 334 g/mol. The molecule has 0 unspecified atom stereocenters. The molecule has 0 bridgehead atoms. The minimum atomic E-state index is -0.779. The van der Waals surface area contributed by atoms with Crippen molar-refractivity contribution in [2.75, 3.05) is 5.32 Å². The van der Waals surface area contributed by atoms with Crippen LogP contribution < -0.4 is 5.32 Å². The van der Waals surface area contributed by atoms with Gasteiger partial charge in [-0.25, -0.2) is 18.2 Å². The van der Waals surface area contributed by atoms with Crippen molar-refractivity contribution in [1.82, 2.24) is 4.98 Å². The Morgan fingerprint density at radius 2 is 1.83 bits per heavy atom. The molecule has 2 aromatic carbocycles. The number of thiazole rings is 1. The van der Waals surface area contributed by atoms with Gasteiger partial charge in [0.05, 0.1) is 4.70 Å². The highest BCUT2D eigenvalue weighted by atomic mass is 32.1. The Kier molecular flexibility index (Phi) is 4.12. The number of carbonyl (C=O) groups is 1. The lowest BCUT2D eigenvalue weighted by atomic mass is 10.2. The number of hydrogen-bond donors (Lipinski definition) is 1. The maximum atomic E-state index is 13.5. The Bertz CT molecular complexity index is 904. The van der Waals surface area contributed by atoms with E-state index in [-0.39, 0.29) is 16.5 Å². The van der Waals surface area contributed by atoms with Crippen molar-refractivity contribution in [2.24, 2.45) is 0 Å². The fourth-order valence-electron chi connectivity index (χ4n) is 1.90. The third kappa shape index (κ3) is 3.57. The Labute approximate surface area is 133 Å². The maximum absolute atomic E-state index is 13.5. The van der Waals surface area contributed by atoms with Gasteiger partial charge in [-0.2, -0.15) is 0 Å². The van der Waals surface area contributed by atoms with E-state index >= 15 is 0 Å². The van der Waals surface area contributed by atoms with E-state index in [2.05, 4.69) is 10.3 Å². The highest BCUT2D eigenvalue weighted by Crippen LogP contribution is 2.28. The molecule has 0 aliphatic heterocycles. The quantitative estimate of drug-likeness (QED) is 0.723. The molecule has 3 rings (SSSR count). The molecule has 116 valence electrons. The largest absolute Gasteiger partial charge is 0.298 e. The van der Waals surface area contributed by atoms with Gasteiger partial charge >= 0.3 is 0 Å². The van der Waals surface area contributed by atoms with Gasteiger partial charge in [-0.15, -0.1) is 0 Å². The lowest BCUT2D eigenvalue weighted by molar-refractivity contribution is -0.111. The zero-order valence-corrected chi connectivity index (χ0v) is 12.3. The van der Waals surface area contributed by atoms with Crippen molar-refractivity contribution in [1.29, 1.82) is 0 Å². The first-order valence-electron chi connectivity index (χ1n) is 6.51. The minimum absolute atomic E-state index is 0.00853. The van der Waals surface area contributed by atoms with E-state index in [4.69, 9.17) is 0 Å². The van der Waals surface area contributed by atoms with Crippen LogP contribution in [0.5, 0.6) is 0 Å². The number of hydrogen-bond acceptors (Lipinski definition) is 3. The zero-order chi connectivity index (χ0) is 16.4. The van der Waals surface area contributed by atoms with E-state index in [1.54, 1.807) is 0 Å². The topological polar surface area (TPSA) is 42.0 Å². The first kappa shape index (κ1) is 15.2. The van der Waals surface area contributed by atoms with Crippen molar-refractivity contribution in [3.8, 4) is 0 Å². The highest BCUT2D eigenvalue weighted by Gasteiger charge is 2.11. The highest BCUT2D eigenvalue weighted by molar-refractivity contribution is 7.22. The summed E-state index contributed by atoms with van der Waals surface area (Å²) >= 11 is 0.971. The molecule has 23 heavy (non-hydrogen) atoms. The van der Waals surface area contributed by atoms with Crippen molar-refractivity contribution in [3.05, 3.63) is 65.5 Å². The summed E-state index contributed by atoms with van der Waals surface area (Å²) in [7, 11) is 0. The van der Waals surface area contributed by atoms with E-state index < -0.39 is 17.5 Å². The summed E-state index contributed by atoms with van der Waals surface area (Å²) in [5, 5.41) is 2.64. The first-order valence-corrected chi connectivity index (χ1v) is 7.33. The fraction of sp³-hybridized carbons (Fsp3) is 0. The lowest BCUT2D eigenvalue weighted by Gasteiger charge is -1.96. The second kappa shape index (κ2) is 6.21. The van der Waals surface area contributed by atoms with Crippen LogP contribution in [0, 0.1) is 17.5 Å². The molecule has 1 amide bonds. The molecule has 0 saturated heterocycles. The molecule has 0 saturated carbocycles. The van der Waals surface area contributed by atoms with Crippen LogP contribution in [0.15, 0.2) is 42.5 Å². The number of anilines is 1. The van der Waals surface area contributed by atoms with Gasteiger partial charge in [0.15, 0.2) is 10.9 Å². The summed E-state index contributed by atoms with van der Waals surface area (Å²) in [6.07, 6.45) is 2.75. The van der Waals surface area contributed by atoms with Gasteiger partial charge in [-0.05, 0) is 29.8 Å². The van der Waals surface area contributed by atoms with Crippen LogP contribution in [-0.2, 0) is 4.79 Å². The number of rotatable bonds is 3. The van der Waals surface area contributed by atoms with Gasteiger partial charge in [-0.1, -0.05) is 23.5 Å². The van der Waals surface area contributed by atoms with Gasteiger partial charge < -0.3 is 0 Å². The molecule has 3 nitrogen and oxygen atoms in total. The summed E-state index contributed by atoms with van der Waals surface area (Å²) in [6, 6.07) is 7.50. The molecule has 3 aromatic rings. The lowest BCUT2D eigenvalue weighted by Crippen LogP contribution is -2.07. The standard InChI is InChI=1S/C16H9F3N2OS/c17-10-4-1-9(2-5-10)3-6-14(22)20-16-21-15-12(19)7-11(18)8-13(15)23-16/h1-8H,(H,20,21,22)/b6-3+. The predicted molar refractivity (Wildman–Crippen MR) is 83.6 cm³/mol. The molecular weight excluding hydrogens is 325 g/mol. The van der Waals surface area contributed by atoms with Crippen LogP contribution in [0.4, 0.5) is 18.3 Å². The van der Waals surface area contributed by atoms with E-state index in [1.807, 2.05) is 0 Å². The number of fused-ring (bicyclic) bond motifs is 1. The third-order valence-corrected chi connectivity index (χ3v) is 3.86. The molecule has 1 N–H and O–H groups in total. The second-order valence-corrected chi connectivity index (χ2v) is 5.66. The van der Waals surface area contributed by atoms with Gasteiger partial charge in [0.25, 0.3) is 0 Å². The van der Waals surface area contributed by atoms with Crippen LogP contribution >= 0.6 is 11.3 Å². The van der Waals surface area contributed by atoms with Crippen LogP contribution in [0.3, 0.4) is 0 Å². The van der Waals surface area contributed by atoms with Crippen LogP contribution in [0.2, 0.25) is 0 Å². The Morgan fingerprint density at radius 1 is 1.09 bits per heavy atom. The van der Waals surface area contributed by atoms with Gasteiger partial charge in [0, 0.05) is 12.1 Å². The normalized spacial score (nSPS) is 11.3. The maximum Gasteiger partial charge on any atom is 0.250 e. The minimum Gasteiger partial charge on any atom is -0.298 e. The number of amides is 1. The first-order chi connectivity index (χ1) is 11.0. The molecule has 0 atom stereocenters. The second-order valence-electron chi connectivity index (χ2n) is 4.63. The van der Waals surface area contributed by atoms with Crippen molar-refractivity contribution < 1.29 is 18.0 Å². The molecular formula is C16H9F3N2OS. The number of nitrogens with zero attached hydrogens (tertiary/aromatic N) is 1. The molecule has 7 heteroatoms. The average molecular weight is 334 g/mol. The number of nitrogens with one attached hydrogen (secondary N) is 1. The number of carbonyl (C=O) groups excluding carboxylic acids is 1. The smallest absolute Gasteiger partial charge is 0.250 e. The van der Waals surface area contributed by atoms with Gasteiger partial charge in [-0.3, -0.25) is 10.1 Å². The molecule has 0 fully saturated rings. The molecule has 1 aromatic heterocycles. The van der Waals surface area contributed by atoms with Gasteiger partial charge in [0.2, 0.25) is 5.91 Å². The molecule has 0 spiro atoms. The summed E-state index contributed by atoms with van der Waals surface area (Å²) in [4.78, 5) is 15.7.